The number of ether oxygens (including phenoxy) is 1. The molecule has 3 aromatic carbocycles. The van der Waals surface area contributed by atoms with Crippen LogP contribution in [-0.4, -0.2) is 17.6 Å². The number of allylic oxidation sites excluding steroid dienone is 1. The van der Waals surface area contributed by atoms with Gasteiger partial charge in [0.25, 0.3) is 5.91 Å². The van der Waals surface area contributed by atoms with E-state index in [1.807, 2.05) is 79.7 Å². The first-order valence-corrected chi connectivity index (χ1v) is 10.3. The van der Waals surface area contributed by atoms with Gasteiger partial charge < -0.3 is 10.1 Å². The summed E-state index contributed by atoms with van der Waals surface area (Å²) in [5, 5.41) is 3.88. The second-order valence-electron chi connectivity index (χ2n) is 7.19. The van der Waals surface area contributed by atoms with Crippen molar-refractivity contribution in [2.75, 3.05) is 0 Å². The van der Waals surface area contributed by atoms with E-state index in [1.165, 1.54) is 0 Å². The Hall–Kier alpha value is -4.25. The largest absolute Gasteiger partial charge is 0.457 e. The lowest BCUT2D eigenvalue weighted by Gasteiger charge is -2.11. The summed E-state index contributed by atoms with van der Waals surface area (Å²) < 4.78 is 6.07. The third kappa shape index (κ3) is 4.73. The average Bonchev–Trinajstić information content (AvgIpc) is 2.83. The molecule has 1 N–H and O–H groups in total. The van der Waals surface area contributed by atoms with Crippen molar-refractivity contribution in [3.8, 4) is 11.5 Å². The zero-order valence-corrected chi connectivity index (χ0v) is 17.8. The number of aromatic nitrogens is 1. The van der Waals surface area contributed by atoms with Crippen LogP contribution in [0.3, 0.4) is 0 Å². The number of carbonyl (C=O) groups is 1. The summed E-state index contributed by atoms with van der Waals surface area (Å²) >= 11 is 0. The molecule has 0 fully saturated rings. The lowest BCUT2D eigenvalue weighted by atomic mass is 10.1. The molecule has 4 aromatic rings. The fourth-order valence-corrected chi connectivity index (χ4v) is 3.44. The third-order valence-electron chi connectivity index (χ3n) is 4.99. The standard InChI is InChI=1S/C27H23N3O2/c1-3-7-20-16-19(12-13-24(20)28-2)18-30-27(31)21-8-6-9-22(17-21)32-26-14-15-29-25-11-5-4-10-23(25)26/h3-17H,2,18H2,1H3,(H,30,31)/b7-3-. The van der Waals surface area contributed by atoms with Crippen LogP contribution in [-0.2, 0) is 6.54 Å². The topological polar surface area (TPSA) is 63.6 Å². The Labute approximate surface area is 187 Å². The predicted molar refractivity (Wildman–Crippen MR) is 130 cm³/mol. The zero-order chi connectivity index (χ0) is 22.3. The minimum atomic E-state index is -0.173. The maximum Gasteiger partial charge on any atom is 0.251 e. The number of nitrogens with one attached hydrogen (secondary N) is 1. The minimum Gasteiger partial charge on any atom is -0.457 e. The number of rotatable bonds is 7. The van der Waals surface area contributed by atoms with Crippen LogP contribution in [0, 0.1) is 0 Å². The van der Waals surface area contributed by atoms with Crippen LogP contribution < -0.4 is 10.1 Å². The molecule has 0 atom stereocenters. The molecule has 1 heterocycles. The van der Waals surface area contributed by atoms with E-state index in [9.17, 15) is 4.79 Å². The number of para-hydroxylation sites is 1. The highest BCUT2D eigenvalue weighted by Crippen LogP contribution is 2.29. The van der Waals surface area contributed by atoms with Crippen LogP contribution in [0.15, 0.2) is 90.1 Å². The molecule has 0 unspecified atom stereocenters. The Morgan fingerprint density at radius 3 is 2.81 bits per heavy atom. The predicted octanol–water partition coefficient (Wildman–Crippen LogP) is 6.32. The average molecular weight is 422 g/mol. The SMILES string of the molecule is C=Nc1ccc(CNC(=O)c2cccc(Oc3ccnc4ccccc34)c2)cc1/C=C\C. The Kier molecular flexibility index (Phi) is 6.37. The van der Waals surface area contributed by atoms with Gasteiger partial charge >= 0.3 is 0 Å². The summed E-state index contributed by atoms with van der Waals surface area (Å²) in [7, 11) is 0. The van der Waals surface area contributed by atoms with Crippen molar-refractivity contribution in [1.82, 2.24) is 10.3 Å². The molecule has 158 valence electrons. The van der Waals surface area contributed by atoms with E-state index in [0.717, 1.165) is 27.7 Å². The van der Waals surface area contributed by atoms with Crippen molar-refractivity contribution >= 4 is 35.3 Å². The maximum absolute atomic E-state index is 12.7. The van der Waals surface area contributed by atoms with Crippen molar-refractivity contribution < 1.29 is 9.53 Å². The first-order valence-electron chi connectivity index (χ1n) is 10.3. The Morgan fingerprint density at radius 2 is 1.97 bits per heavy atom. The van der Waals surface area contributed by atoms with Gasteiger partial charge in [-0.2, -0.15) is 0 Å². The Bertz CT molecular complexity index is 1310. The highest BCUT2D eigenvalue weighted by atomic mass is 16.5. The highest BCUT2D eigenvalue weighted by Gasteiger charge is 2.09. The second kappa shape index (κ2) is 9.71. The van der Waals surface area contributed by atoms with Crippen molar-refractivity contribution in [3.63, 3.8) is 0 Å². The summed E-state index contributed by atoms with van der Waals surface area (Å²) in [4.78, 5) is 21.1. The third-order valence-corrected chi connectivity index (χ3v) is 4.99. The molecule has 0 radical (unpaired) electrons. The van der Waals surface area contributed by atoms with Gasteiger partial charge in [0.1, 0.15) is 11.5 Å². The van der Waals surface area contributed by atoms with Crippen LogP contribution >= 0.6 is 0 Å². The van der Waals surface area contributed by atoms with Gasteiger partial charge in [0.2, 0.25) is 0 Å². The monoisotopic (exact) mass is 421 g/mol. The zero-order valence-electron chi connectivity index (χ0n) is 17.8. The van der Waals surface area contributed by atoms with Crippen LogP contribution in [0.25, 0.3) is 17.0 Å². The molecule has 5 nitrogen and oxygen atoms in total. The van der Waals surface area contributed by atoms with E-state index in [-0.39, 0.29) is 5.91 Å². The summed E-state index contributed by atoms with van der Waals surface area (Å²) in [6, 6.07) is 22.6. The fourth-order valence-electron chi connectivity index (χ4n) is 3.44. The second-order valence-corrected chi connectivity index (χ2v) is 7.19. The molecule has 1 aromatic heterocycles. The van der Waals surface area contributed by atoms with Gasteiger partial charge in [-0.3, -0.25) is 14.8 Å². The molecule has 32 heavy (non-hydrogen) atoms. The number of amides is 1. The molecule has 0 aliphatic carbocycles. The van der Waals surface area contributed by atoms with E-state index in [2.05, 4.69) is 22.0 Å². The fraction of sp³-hybridized carbons (Fsp3) is 0.0741. The number of nitrogens with zero attached hydrogens (tertiary/aromatic N) is 2. The van der Waals surface area contributed by atoms with E-state index >= 15 is 0 Å². The van der Waals surface area contributed by atoms with Crippen LogP contribution in [0.2, 0.25) is 0 Å². The summed E-state index contributed by atoms with van der Waals surface area (Å²) in [6.45, 7) is 5.96. The molecule has 5 heteroatoms. The molecular weight excluding hydrogens is 398 g/mol. The number of fused-ring (bicyclic) bond motifs is 1. The Morgan fingerprint density at radius 1 is 1.09 bits per heavy atom. The molecule has 0 saturated carbocycles. The smallest absolute Gasteiger partial charge is 0.251 e. The molecule has 0 bridgehead atoms. The van der Waals surface area contributed by atoms with Crippen molar-refractivity contribution in [1.29, 1.82) is 0 Å². The summed E-state index contributed by atoms with van der Waals surface area (Å²) in [5.41, 5.74) is 4.14. The number of pyridine rings is 1. The van der Waals surface area contributed by atoms with Crippen molar-refractivity contribution in [3.05, 3.63) is 102 Å². The first-order chi connectivity index (χ1) is 15.7. The van der Waals surface area contributed by atoms with Gasteiger partial charge in [0, 0.05) is 29.3 Å². The molecule has 0 aliphatic heterocycles. The summed E-state index contributed by atoms with van der Waals surface area (Å²) in [5.74, 6) is 1.11. The van der Waals surface area contributed by atoms with E-state index < -0.39 is 0 Å². The van der Waals surface area contributed by atoms with E-state index in [1.54, 1.807) is 18.3 Å². The van der Waals surface area contributed by atoms with Crippen LogP contribution in [0.1, 0.15) is 28.4 Å². The molecule has 0 saturated heterocycles. The van der Waals surface area contributed by atoms with Crippen molar-refractivity contribution in [2.45, 2.75) is 13.5 Å². The van der Waals surface area contributed by atoms with Crippen LogP contribution in [0.5, 0.6) is 11.5 Å². The van der Waals surface area contributed by atoms with E-state index in [0.29, 0.717) is 23.6 Å². The van der Waals surface area contributed by atoms with Crippen molar-refractivity contribution in [2.24, 2.45) is 4.99 Å². The minimum absolute atomic E-state index is 0.173. The van der Waals surface area contributed by atoms with Gasteiger partial charge in [-0.25, -0.2) is 0 Å². The van der Waals surface area contributed by atoms with Gasteiger partial charge in [-0.05, 0) is 67.7 Å². The number of benzene rings is 3. The van der Waals surface area contributed by atoms with Crippen LogP contribution in [0.4, 0.5) is 5.69 Å². The molecule has 1 amide bonds. The molecule has 0 spiro atoms. The van der Waals surface area contributed by atoms with Gasteiger partial charge in [-0.15, -0.1) is 0 Å². The quantitative estimate of drug-likeness (QED) is 0.355. The first kappa shape index (κ1) is 21.0. The lowest BCUT2D eigenvalue weighted by molar-refractivity contribution is 0.0950. The summed E-state index contributed by atoms with van der Waals surface area (Å²) in [6.07, 6.45) is 5.63. The normalized spacial score (nSPS) is 10.9. The van der Waals surface area contributed by atoms with Gasteiger partial charge in [0.15, 0.2) is 0 Å². The lowest BCUT2D eigenvalue weighted by Crippen LogP contribution is -2.22. The van der Waals surface area contributed by atoms with Gasteiger partial charge in [0.05, 0.1) is 11.2 Å². The number of aliphatic imine (C=N–C) groups is 1. The molecule has 4 rings (SSSR count). The molecular formula is C27H23N3O2. The maximum atomic E-state index is 12.7. The number of carbonyl (C=O) groups excluding carboxylic acids is 1. The number of hydrogen-bond donors (Lipinski definition) is 1. The highest BCUT2D eigenvalue weighted by molar-refractivity contribution is 5.94. The number of hydrogen-bond acceptors (Lipinski definition) is 4. The molecule has 0 aliphatic rings. The van der Waals surface area contributed by atoms with E-state index in [4.69, 9.17) is 4.74 Å². The van der Waals surface area contributed by atoms with Gasteiger partial charge in [-0.1, -0.05) is 36.4 Å². The Balaban J connectivity index is 1.48.